The summed E-state index contributed by atoms with van der Waals surface area (Å²) in [7, 11) is 0. The Hall–Kier alpha value is -0.970. The number of halogens is 1. The molecule has 1 heterocycles. The molecule has 0 saturated heterocycles. The van der Waals surface area contributed by atoms with Gasteiger partial charge in [0.1, 0.15) is 0 Å². The molecule has 1 rings (SSSR count). The maximum absolute atomic E-state index is 11.1. The Kier molecular flexibility index (Phi) is 3.82. The van der Waals surface area contributed by atoms with Gasteiger partial charge < -0.3 is 0 Å². The van der Waals surface area contributed by atoms with E-state index in [1.807, 2.05) is 6.92 Å². The fourth-order valence-corrected chi connectivity index (χ4v) is 0.996. The van der Waals surface area contributed by atoms with Crippen LogP contribution in [0.2, 0.25) is 0 Å². The van der Waals surface area contributed by atoms with Crippen LogP contribution in [-0.2, 0) is 4.79 Å². The molecule has 0 radical (unpaired) electrons. The molecule has 1 aromatic rings. The molecule has 1 amide bonds. The third kappa shape index (κ3) is 3.50. The van der Waals surface area contributed by atoms with Crippen LogP contribution in [0.4, 0.5) is 5.95 Å². The topological polar surface area (TPSA) is 54.9 Å². The van der Waals surface area contributed by atoms with Crippen LogP contribution in [0.3, 0.4) is 0 Å². The van der Waals surface area contributed by atoms with Gasteiger partial charge in [0.2, 0.25) is 11.9 Å². The number of nitrogens with one attached hydrogen (secondary N) is 1. The van der Waals surface area contributed by atoms with E-state index in [1.54, 1.807) is 12.4 Å². The van der Waals surface area contributed by atoms with Crippen LogP contribution in [0, 0.1) is 0 Å². The number of rotatable bonds is 3. The molecule has 0 bridgehead atoms. The van der Waals surface area contributed by atoms with Gasteiger partial charge in [0.25, 0.3) is 0 Å². The van der Waals surface area contributed by atoms with Crippen LogP contribution < -0.4 is 5.32 Å². The molecule has 0 atom stereocenters. The highest BCUT2D eigenvalue weighted by Gasteiger charge is 2.01. The van der Waals surface area contributed by atoms with Crippen LogP contribution >= 0.6 is 15.9 Å². The normalized spacial score (nSPS) is 9.69. The first-order valence-electron chi connectivity index (χ1n) is 3.99. The smallest absolute Gasteiger partial charge is 0.229 e. The molecule has 0 aliphatic heterocycles. The number of hydrogen-bond acceptors (Lipinski definition) is 3. The maximum Gasteiger partial charge on any atom is 0.229 e. The second kappa shape index (κ2) is 4.91. The maximum atomic E-state index is 11.1. The minimum Gasteiger partial charge on any atom is -0.295 e. The van der Waals surface area contributed by atoms with Crippen molar-refractivity contribution in [3.63, 3.8) is 0 Å². The van der Waals surface area contributed by atoms with E-state index in [-0.39, 0.29) is 5.91 Å². The SMILES string of the molecule is CCCC(=O)Nc1ncc(Br)cn1. The molecule has 0 aromatic carbocycles. The first-order valence-corrected chi connectivity index (χ1v) is 4.79. The van der Waals surface area contributed by atoms with Gasteiger partial charge in [-0.25, -0.2) is 9.97 Å². The van der Waals surface area contributed by atoms with Crippen LogP contribution in [-0.4, -0.2) is 15.9 Å². The molecule has 5 heteroatoms. The Bertz CT molecular complexity index is 286. The van der Waals surface area contributed by atoms with E-state index in [2.05, 4.69) is 31.2 Å². The number of anilines is 1. The van der Waals surface area contributed by atoms with Gasteiger partial charge in [0.05, 0.1) is 4.47 Å². The summed E-state index contributed by atoms with van der Waals surface area (Å²) >= 11 is 3.20. The van der Waals surface area contributed by atoms with Crippen molar-refractivity contribution in [3.05, 3.63) is 16.9 Å². The van der Waals surface area contributed by atoms with Gasteiger partial charge in [-0.15, -0.1) is 0 Å². The minimum absolute atomic E-state index is 0.0511. The second-order valence-electron chi connectivity index (χ2n) is 2.52. The number of hydrogen-bond donors (Lipinski definition) is 1. The summed E-state index contributed by atoms with van der Waals surface area (Å²) in [6.45, 7) is 1.95. The van der Waals surface area contributed by atoms with Gasteiger partial charge >= 0.3 is 0 Å². The lowest BCUT2D eigenvalue weighted by Crippen LogP contribution is -2.12. The zero-order valence-electron chi connectivity index (χ0n) is 7.25. The fraction of sp³-hybridized carbons (Fsp3) is 0.375. The van der Waals surface area contributed by atoms with Gasteiger partial charge in [-0.05, 0) is 22.4 Å². The zero-order valence-corrected chi connectivity index (χ0v) is 8.84. The Labute approximate surface area is 84.9 Å². The monoisotopic (exact) mass is 243 g/mol. The van der Waals surface area contributed by atoms with Gasteiger partial charge in [-0.2, -0.15) is 0 Å². The summed E-state index contributed by atoms with van der Waals surface area (Å²) in [5, 5.41) is 2.59. The number of nitrogens with zero attached hydrogens (tertiary/aromatic N) is 2. The summed E-state index contributed by atoms with van der Waals surface area (Å²) in [6.07, 6.45) is 4.50. The van der Waals surface area contributed by atoms with E-state index in [1.165, 1.54) is 0 Å². The highest BCUT2D eigenvalue weighted by Crippen LogP contribution is 2.06. The number of amides is 1. The lowest BCUT2D eigenvalue weighted by molar-refractivity contribution is -0.116. The summed E-state index contributed by atoms with van der Waals surface area (Å²) in [5.41, 5.74) is 0. The Morgan fingerprint density at radius 2 is 2.15 bits per heavy atom. The average molecular weight is 244 g/mol. The van der Waals surface area contributed by atoms with Crippen molar-refractivity contribution in [1.82, 2.24) is 9.97 Å². The van der Waals surface area contributed by atoms with Crippen molar-refractivity contribution < 1.29 is 4.79 Å². The number of carbonyl (C=O) groups is 1. The van der Waals surface area contributed by atoms with Crippen LogP contribution in [0.1, 0.15) is 19.8 Å². The molecule has 70 valence electrons. The molecule has 4 nitrogen and oxygen atoms in total. The van der Waals surface area contributed by atoms with Gasteiger partial charge in [-0.1, -0.05) is 6.92 Å². The van der Waals surface area contributed by atoms with E-state index in [9.17, 15) is 4.79 Å². The highest BCUT2D eigenvalue weighted by atomic mass is 79.9. The summed E-state index contributed by atoms with van der Waals surface area (Å²) < 4.78 is 0.793. The second-order valence-corrected chi connectivity index (χ2v) is 3.44. The third-order valence-electron chi connectivity index (χ3n) is 1.35. The standard InChI is InChI=1S/C8H10BrN3O/c1-2-3-7(13)12-8-10-4-6(9)5-11-8/h4-5H,2-3H2,1H3,(H,10,11,12,13). The predicted molar refractivity (Wildman–Crippen MR) is 53.3 cm³/mol. The summed E-state index contributed by atoms with van der Waals surface area (Å²) in [6, 6.07) is 0. The van der Waals surface area contributed by atoms with E-state index in [0.717, 1.165) is 10.9 Å². The molecule has 0 aliphatic carbocycles. The zero-order chi connectivity index (χ0) is 9.68. The molecular formula is C8H10BrN3O. The van der Waals surface area contributed by atoms with Crippen molar-refractivity contribution in [2.75, 3.05) is 5.32 Å². The molecule has 0 fully saturated rings. The first-order chi connectivity index (χ1) is 6.22. The first kappa shape index (κ1) is 10.1. The van der Waals surface area contributed by atoms with Crippen LogP contribution in [0.5, 0.6) is 0 Å². The molecule has 0 unspecified atom stereocenters. The lowest BCUT2D eigenvalue weighted by Gasteiger charge is -2.00. The molecule has 1 aromatic heterocycles. The summed E-state index contributed by atoms with van der Waals surface area (Å²) in [4.78, 5) is 18.9. The lowest BCUT2D eigenvalue weighted by atomic mass is 10.3. The third-order valence-corrected chi connectivity index (χ3v) is 1.76. The highest BCUT2D eigenvalue weighted by molar-refractivity contribution is 9.10. The molecular weight excluding hydrogens is 234 g/mol. The largest absolute Gasteiger partial charge is 0.295 e. The van der Waals surface area contributed by atoms with Crippen LogP contribution in [0.25, 0.3) is 0 Å². The van der Waals surface area contributed by atoms with Gasteiger partial charge in [0, 0.05) is 18.8 Å². The summed E-state index contributed by atoms with van der Waals surface area (Å²) in [5.74, 6) is 0.298. The average Bonchev–Trinajstić information content (AvgIpc) is 2.09. The van der Waals surface area contributed by atoms with Crippen molar-refractivity contribution in [2.24, 2.45) is 0 Å². The minimum atomic E-state index is -0.0511. The van der Waals surface area contributed by atoms with Crippen molar-refractivity contribution >= 4 is 27.8 Å². The molecule has 0 saturated carbocycles. The molecule has 0 spiro atoms. The number of carbonyl (C=O) groups excluding carboxylic acids is 1. The van der Waals surface area contributed by atoms with Gasteiger partial charge in [-0.3, -0.25) is 10.1 Å². The van der Waals surface area contributed by atoms with Crippen molar-refractivity contribution in [2.45, 2.75) is 19.8 Å². The van der Waals surface area contributed by atoms with Crippen LogP contribution in [0.15, 0.2) is 16.9 Å². The molecule has 1 N–H and O–H groups in total. The fourth-order valence-electron chi connectivity index (χ4n) is 0.791. The molecule has 0 aliphatic rings. The van der Waals surface area contributed by atoms with Gasteiger partial charge in [0.15, 0.2) is 0 Å². The van der Waals surface area contributed by atoms with E-state index in [4.69, 9.17) is 0 Å². The predicted octanol–water partition coefficient (Wildman–Crippen LogP) is 1.98. The number of aromatic nitrogens is 2. The molecule has 13 heavy (non-hydrogen) atoms. The quantitative estimate of drug-likeness (QED) is 0.884. The van der Waals surface area contributed by atoms with Crippen molar-refractivity contribution in [1.29, 1.82) is 0 Å². The Morgan fingerprint density at radius 3 is 2.69 bits per heavy atom. The van der Waals surface area contributed by atoms with E-state index in [0.29, 0.717) is 12.4 Å². The van der Waals surface area contributed by atoms with Crippen molar-refractivity contribution in [3.8, 4) is 0 Å². The van der Waals surface area contributed by atoms with E-state index >= 15 is 0 Å². The Balaban J connectivity index is 2.54. The van der Waals surface area contributed by atoms with E-state index < -0.39 is 0 Å². The Morgan fingerprint density at radius 1 is 1.54 bits per heavy atom.